The molecule has 3 rings (SSSR count). The maximum Gasteiger partial charge on any atom is 0.0960 e. The molecule has 0 atom stereocenters. The van der Waals surface area contributed by atoms with E-state index in [-0.39, 0.29) is 0 Å². The molecule has 0 aliphatic carbocycles. The second kappa shape index (κ2) is 5.68. The summed E-state index contributed by atoms with van der Waals surface area (Å²) in [6.07, 6.45) is 5.49. The van der Waals surface area contributed by atoms with Crippen molar-refractivity contribution in [3.05, 3.63) is 46.8 Å². The lowest BCUT2D eigenvalue weighted by Crippen LogP contribution is -2.00. The molecule has 2 aromatic heterocycles. The molecule has 2 N–H and O–H groups in total. The molecule has 0 aliphatic rings. The van der Waals surface area contributed by atoms with E-state index in [0.717, 1.165) is 39.6 Å². The zero-order chi connectivity index (χ0) is 13.9. The number of nitrogens with zero attached hydrogens (tertiary/aromatic N) is 4. The van der Waals surface area contributed by atoms with Crippen LogP contribution in [0.25, 0.3) is 16.6 Å². The Kier molecular flexibility index (Phi) is 3.75. The molecule has 0 saturated heterocycles. The van der Waals surface area contributed by atoms with E-state index in [4.69, 9.17) is 5.73 Å². The molecule has 0 amide bonds. The number of para-hydroxylation sites is 1. The summed E-state index contributed by atoms with van der Waals surface area (Å²) in [5, 5.41) is 9.43. The first-order valence-corrected chi connectivity index (χ1v) is 7.23. The minimum absolute atomic E-state index is 0.663. The minimum Gasteiger partial charge on any atom is -0.330 e. The third-order valence-electron chi connectivity index (χ3n) is 3.08. The number of fused-ring (bicyclic) bond motifs is 1. The second-order valence-electron chi connectivity index (χ2n) is 4.55. The lowest BCUT2D eigenvalue weighted by atomic mass is 10.2. The van der Waals surface area contributed by atoms with Crippen LogP contribution in [0.2, 0.25) is 0 Å². The van der Waals surface area contributed by atoms with Gasteiger partial charge in [-0.1, -0.05) is 17.3 Å². The molecule has 2 heterocycles. The Bertz CT molecular complexity index is 737. The lowest BCUT2D eigenvalue weighted by molar-refractivity contribution is 0.780. The molecule has 0 radical (unpaired) electrons. The Morgan fingerprint density at radius 3 is 3.05 bits per heavy atom. The summed E-state index contributed by atoms with van der Waals surface area (Å²) in [7, 11) is 0. The number of hydrogen-bond acceptors (Lipinski definition) is 4. The lowest BCUT2D eigenvalue weighted by Gasteiger charge is -2.05. The van der Waals surface area contributed by atoms with E-state index in [1.165, 1.54) is 0 Å². The third-order valence-corrected chi connectivity index (χ3v) is 3.51. The summed E-state index contributed by atoms with van der Waals surface area (Å²) in [5.74, 6) is 0. The van der Waals surface area contributed by atoms with Gasteiger partial charge in [0.15, 0.2) is 0 Å². The Morgan fingerprint density at radius 1 is 1.30 bits per heavy atom. The molecule has 0 unspecified atom stereocenters. The van der Waals surface area contributed by atoms with Gasteiger partial charge in [-0.25, -0.2) is 4.68 Å². The highest BCUT2D eigenvalue weighted by Crippen LogP contribution is 2.22. The fourth-order valence-corrected chi connectivity index (χ4v) is 2.47. The summed E-state index contributed by atoms with van der Waals surface area (Å²) in [4.78, 5) is 4.47. The van der Waals surface area contributed by atoms with Crippen molar-refractivity contribution in [3.8, 4) is 5.69 Å². The van der Waals surface area contributed by atoms with Gasteiger partial charge in [-0.3, -0.25) is 4.98 Å². The van der Waals surface area contributed by atoms with Gasteiger partial charge in [-0.05, 0) is 47.4 Å². The zero-order valence-corrected chi connectivity index (χ0v) is 12.4. The number of halogens is 1. The molecule has 20 heavy (non-hydrogen) atoms. The largest absolute Gasteiger partial charge is 0.330 e. The van der Waals surface area contributed by atoms with E-state index in [1.807, 2.05) is 30.5 Å². The molecule has 0 aliphatic heterocycles. The molecule has 0 fully saturated rings. The van der Waals surface area contributed by atoms with Crippen LogP contribution < -0.4 is 5.73 Å². The van der Waals surface area contributed by atoms with Gasteiger partial charge < -0.3 is 5.73 Å². The van der Waals surface area contributed by atoms with E-state index in [2.05, 4.69) is 31.2 Å². The van der Waals surface area contributed by atoms with Crippen LogP contribution >= 0.6 is 15.9 Å². The highest BCUT2D eigenvalue weighted by atomic mass is 79.9. The van der Waals surface area contributed by atoms with Crippen molar-refractivity contribution >= 4 is 26.8 Å². The maximum atomic E-state index is 5.51. The van der Waals surface area contributed by atoms with Crippen molar-refractivity contribution in [2.24, 2.45) is 5.73 Å². The van der Waals surface area contributed by atoms with Crippen molar-refractivity contribution in [1.82, 2.24) is 20.0 Å². The van der Waals surface area contributed by atoms with Crippen molar-refractivity contribution in [1.29, 1.82) is 0 Å². The molecule has 6 heteroatoms. The van der Waals surface area contributed by atoms with E-state index >= 15 is 0 Å². The average Bonchev–Trinajstić information content (AvgIpc) is 2.92. The van der Waals surface area contributed by atoms with E-state index in [0.29, 0.717) is 6.54 Å². The fourth-order valence-electron chi connectivity index (χ4n) is 2.12. The molecule has 102 valence electrons. The van der Waals surface area contributed by atoms with Crippen molar-refractivity contribution in [2.75, 3.05) is 6.54 Å². The molecule has 0 saturated carbocycles. The molecule has 3 aromatic rings. The molecule has 0 spiro atoms. The van der Waals surface area contributed by atoms with Crippen LogP contribution in [0, 0.1) is 0 Å². The van der Waals surface area contributed by atoms with Crippen LogP contribution in [0.3, 0.4) is 0 Å². The van der Waals surface area contributed by atoms with Gasteiger partial charge >= 0.3 is 0 Å². The number of aryl methyl sites for hydroxylation is 1. The summed E-state index contributed by atoms with van der Waals surface area (Å²) in [5.41, 5.74) is 8.30. The van der Waals surface area contributed by atoms with Gasteiger partial charge in [-0.2, -0.15) is 0 Å². The Morgan fingerprint density at radius 2 is 2.20 bits per heavy atom. The first-order valence-electron chi connectivity index (χ1n) is 6.44. The topological polar surface area (TPSA) is 69.6 Å². The third kappa shape index (κ3) is 2.57. The van der Waals surface area contributed by atoms with Gasteiger partial charge in [0.2, 0.25) is 0 Å². The average molecular weight is 332 g/mol. The SMILES string of the molecule is NCCCc1cn(-c2cccc3cc(Br)cnc23)nn1. The minimum atomic E-state index is 0.663. The van der Waals surface area contributed by atoms with Gasteiger partial charge in [0.1, 0.15) is 0 Å². The van der Waals surface area contributed by atoms with Crippen LogP contribution in [0.5, 0.6) is 0 Å². The molecule has 1 aromatic carbocycles. The molecule has 5 nitrogen and oxygen atoms in total. The summed E-state index contributed by atoms with van der Waals surface area (Å²) in [6, 6.07) is 8.05. The summed E-state index contributed by atoms with van der Waals surface area (Å²) >= 11 is 3.44. The van der Waals surface area contributed by atoms with E-state index < -0.39 is 0 Å². The fraction of sp³-hybridized carbons (Fsp3) is 0.214. The van der Waals surface area contributed by atoms with Gasteiger partial charge in [0.25, 0.3) is 0 Å². The highest BCUT2D eigenvalue weighted by Gasteiger charge is 2.07. The van der Waals surface area contributed by atoms with Crippen LogP contribution in [-0.2, 0) is 6.42 Å². The smallest absolute Gasteiger partial charge is 0.0960 e. The van der Waals surface area contributed by atoms with Crippen molar-refractivity contribution < 1.29 is 0 Å². The number of hydrogen-bond donors (Lipinski definition) is 1. The van der Waals surface area contributed by atoms with Crippen molar-refractivity contribution in [3.63, 3.8) is 0 Å². The summed E-state index contributed by atoms with van der Waals surface area (Å²) < 4.78 is 2.74. The predicted octanol–water partition coefficient (Wildman–Crippen LogP) is 2.47. The van der Waals surface area contributed by atoms with E-state index in [1.54, 1.807) is 10.9 Å². The number of benzene rings is 1. The van der Waals surface area contributed by atoms with Gasteiger partial charge in [0, 0.05) is 16.1 Å². The quantitative estimate of drug-likeness (QED) is 0.797. The van der Waals surface area contributed by atoms with Gasteiger partial charge in [0.05, 0.1) is 23.1 Å². The Hall–Kier alpha value is -1.79. The van der Waals surface area contributed by atoms with Crippen molar-refractivity contribution in [2.45, 2.75) is 12.8 Å². The molecular weight excluding hydrogens is 318 g/mol. The predicted molar refractivity (Wildman–Crippen MR) is 81.7 cm³/mol. The number of nitrogens with two attached hydrogens (primary N) is 1. The highest BCUT2D eigenvalue weighted by molar-refractivity contribution is 9.10. The maximum absolute atomic E-state index is 5.51. The summed E-state index contributed by atoms with van der Waals surface area (Å²) in [6.45, 7) is 0.663. The number of aromatic nitrogens is 4. The Balaban J connectivity index is 2.03. The number of rotatable bonds is 4. The molecular formula is C14H14BrN5. The first-order chi connectivity index (χ1) is 9.78. The van der Waals surface area contributed by atoms with Crippen LogP contribution in [-0.4, -0.2) is 26.5 Å². The zero-order valence-electron chi connectivity index (χ0n) is 10.8. The Labute approximate surface area is 124 Å². The van der Waals surface area contributed by atoms with Gasteiger partial charge in [-0.15, -0.1) is 5.10 Å². The second-order valence-corrected chi connectivity index (χ2v) is 5.46. The standard InChI is InChI=1S/C14H14BrN5/c15-11-7-10-3-1-5-13(14(10)17-8-11)20-9-12(18-19-20)4-2-6-16/h1,3,5,7-9H,2,4,6,16H2. The first kappa shape index (κ1) is 13.2. The number of pyridine rings is 1. The van der Waals surface area contributed by atoms with Crippen LogP contribution in [0.4, 0.5) is 0 Å². The van der Waals surface area contributed by atoms with E-state index in [9.17, 15) is 0 Å². The monoisotopic (exact) mass is 331 g/mol. The van der Waals surface area contributed by atoms with Crippen LogP contribution in [0.1, 0.15) is 12.1 Å². The van der Waals surface area contributed by atoms with Crippen LogP contribution in [0.15, 0.2) is 41.1 Å². The molecule has 0 bridgehead atoms. The normalized spacial score (nSPS) is 11.1.